The molecule has 0 rings (SSSR count). The van der Waals surface area contributed by atoms with Gasteiger partial charge in [-0.3, -0.25) is 4.79 Å². The van der Waals surface area contributed by atoms with Crippen LogP contribution in [0.2, 0.25) is 0 Å². The van der Waals surface area contributed by atoms with Crippen LogP contribution in [-0.4, -0.2) is 57.9 Å². The molecular formula is C46H96O6. The number of unbranched alkanes of at least 4 members (excludes halogenated alkanes) is 36. The number of hydrogen-bond donors (Lipinski definition) is 5. The van der Waals surface area contributed by atoms with Crippen molar-refractivity contribution in [3.8, 4) is 0 Å². The lowest BCUT2D eigenvalue weighted by atomic mass is 10.0. The Morgan fingerprint density at radius 2 is 0.423 bits per heavy atom. The van der Waals surface area contributed by atoms with Crippen molar-refractivity contribution in [3.63, 3.8) is 0 Å². The van der Waals surface area contributed by atoms with Gasteiger partial charge in [0.1, 0.15) is 0 Å². The highest BCUT2D eigenvalue weighted by molar-refractivity contribution is 5.66. The minimum Gasteiger partial charge on any atom is -0.481 e. The Morgan fingerprint density at radius 1 is 0.269 bits per heavy atom. The molecular weight excluding hydrogens is 649 g/mol. The van der Waals surface area contributed by atoms with Crippen molar-refractivity contribution in [1.82, 2.24) is 0 Å². The zero-order valence-corrected chi connectivity index (χ0v) is 35.3. The topological polar surface area (TPSA) is 118 Å². The minimum atomic E-state index is -0.653. The van der Waals surface area contributed by atoms with Crippen LogP contribution in [0.3, 0.4) is 0 Å². The van der Waals surface area contributed by atoms with Crippen LogP contribution in [0.4, 0.5) is 0 Å². The summed E-state index contributed by atoms with van der Waals surface area (Å²) in [5.41, 5.74) is 0. The maximum absolute atomic E-state index is 10.3. The molecule has 6 heteroatoms. The second-order valence-electron chi connectivity index (χ2n) is 15.5. The molecule has 0 aromatic carbocycles. The Hall–Kier alpha value is -0.690. The van der Waals surface area contributed by atoms with Crippen molar-refractivity contribution in [3.05, 3.63) is 0 Å². The van der Waals surface area contributed by atoms with Gasteiger partial charge in [-0.05, 0) is 32.1 Å². The third kappa shape index (κ3) is 64.3. The van der Waals surface area contributed by atoms with E-state index in [1.165, 1.54) is 212 Å². The first-order valence-electron chi connectivity index (χ1n) is 23.3. The van der Waals surface area contributed by atoms with Gasteiger partial charge in [-0.1, -0.05) is 225 Å². The first-order valence-corrected chi connectivity index (χ1v) is 23.3. The molecule has 0 aromatic rings. The number of aliphatic hydroxyl groups is 4. The van der Waals surface area contributed by atoms with Gasteiger partial charge >= 0.3 is 5.97 Å². The normalized spacial score (nSPS) is 10.9. The maximum atomic E-state index is 10.3. The van der Waals surface area contributed by atoms with Gasteiger partial charge < -0.3 is 25.5 Å². The highest BCUT2D eigenvalue weighted by Gasteiger charge is 1.98. The third-order valence-electron chi connectivity index (χ3n) is 10.1. The van der Waals surface area contributed by atoms with Gasteiger partial charge in [0.25, 0.3) is 0 Å². The molecule has 0 saturated carbocycles. The number of aliphatic hydroxyl groups excluding tert-OH is 4. The summed E-state index contributed by atoms with van der Waals surface area (Å²) in [6.45, 7) is 3.69. The van der Waals surface area contributed by atoms with E-state index in [-0.39, 0.29) is 0 Å². The fraction of sp³-hybridized carbons (Fsp3) is 0.978. The molecule has 0 unspecified atom stereocenters. The fourth-order valence-electron chi connectivity index (χ4n) is 6.63. The van der Waals surface area contributed by atoms with Gasteiger partial charge in [0, 0.05) is 32.8 Å². The summed E-state index contributed by atoms with van der Waals surface area (Å²) in [4.78, 5) is 10.3. The molecule has 0 bridgehead atoms. The molecule has 5 N–H and O–H groups in total. The molecule has 0 spiro atoms. The van der Waals surface area contributed by atoms with Gasteiger partial charge in [-0.15, -0.1) is 0 Å². The summed E-state index contributed by atoms with van der Waals surface area (Å²) < 4.78 is 0. The molecule has 0 radical (unpaired) electrons. The van der Waals surface area contributed by atoms with Gasteiger partial charge in [0.2, 0.25) is 0 Å². The van der Waals surface area contributed by atoms with E-state index in [0.29, 0.717) is 32.8 Å². The number of rotatable bonds is 42. The summed E-state index contributed by atoms with van der Waals surface area (Å²) in [6, 6.07) is 0. The Morgan fingerprint density at radius 3 is 0.577 bits per heavy atom. The molecule has 0 fully saturated rings. The molecule has 0 aliphatic rings. The van der Waals surface area contributed by atoms with Gasteiger partial charge in [0.15, 0.2) is 0 Å². The highest BCUT2D eigenvalue weighted by atomic mass is 16.4. The van der Waals surface area contributed by atoms with Crippen LogP contribution in [0.1, 0.15) is 264 Å². The van der Waals surface area contributed by atoms with E-state index in [1.807, 2.05) is 0 Å². The quantitative estimate of drug-likeness (QED) is 0.0397. The van der Waals surface area contributed by atoms with Crippen molar-refractivity contribution >= 4 is 5.97 Å². The monoisotopic (exact) mass is 745 g/mol. The van der Waals surface area contributed by atoms with Crippen molar-refractivity contribution < 1.29 is 30.3 Å². The van der Waals surface area contributed by atoms with Crippen molar-refractivity contribution in [1.29, 1.82) is 0 Å². The van der Waals surface area contributed by atoms with Crippen LogP contribution in [0.15, 0.2) is 0 Å². The molecule has 316 valence electrons. The van der Waals surface area contributed by atoms with Crippen molar-refractivity contribution in [2.24, 2.45) is 0 Å². The van der Waals surface area contributed by atoms with Crippen LogP contribution in [0.25, 0.3) is 0 Å². The molecule has 0 aliphatic carbocycles. The fourth-order valence-corrected chi connectivity index (χ4v) is 6.63. The van der Waals surface area contributed by atoms with Crippen LogP contribution >= 0.6 is 0 Å². The summed E-state index contributed by atoms with van der Waals surface area (Å²) >= 11 is 0. The maximum Gasteiger partial charge on any atom is 0.303 e. The highest BCUT2D eigenvalue weighted by Crippen LogP contribution is 2.15. The van der Waals surface area contributed by atoms with E-state index in [4.69, 9.17) is 25.5 Å². The van der Waals surface area contributed by atoms with E-state index >= 15 is 0 Å². The molecule has 0 aliphatic heterocycles. The molecule has 0 heterocycles. The van der Waals surface area contributed by atoms with E-state index in [0.717, 1.165) is 38.5 Å². The SMILES string of the molecule is CCCCCCCCCCCCCCCCCC(=O)O.OCCCCCCCCCCCCCCO.OCCCCCCCCCCCCCCO. The number of carboxylic acid groups (broad SMARTS) is 1. The van der Waals surface area contributed by atoms with E-state index in [1.54, 1.807) is 0 Å². The number of carboxylic acids is 1. The third-order valence-corrected chi connectivity index (χ3v) is 10.1. The standard InChI is InChI=1S/C18H36O2.2C14H30O2/c1-2-3-4-5-6-7-8-9-10-11-12-13-14-15-16-17-18(19)20;2*15-13-11-9-7-5-3-1-2-4-6-8-10-12-14-16/h2-17H2,1H3,(H,19,20);2*15-16H,1-14H2. The van der Waals surface area contributed by atoms with E-state index in [9.17, 15) is 4.79 Å². The van der Waals surface area contributed by atoms with E-state index in [2.05, 4.69) is 6.92 Å². The van der Waals surface area contributed by atoms with Gasteiger partial charge in [-0.2, -0.15) is 0 Å². The molecule has 0 saturated heterocycles. The van der Waals surface area contributed by atoms with E-state index < -0.39 is 5.97 Å². The summed E-state index contributed by atoms with van der Waals surface area (Å²) in [6.07, 6.45) is 50.3. The van der Waals surface area contributed by atoms with Crippen LogP contribution in [0, 0.1) is 0 Å². The second kappa shape index (κ2) is 57.0. The van der Waals surface area contributed by atoms with Crippen LogP contribution < -0.4 is 0 Å². The Labute approximate surface area is 325 Å². The average molecular weight is 745 g/mol. The van der Waals surface area contributed by atoms with Gasteiger partial charge in [-0.25, -0.2) is 0 Å². The zero-order chi connectivity index (χ0) is 38.7. The summed E-state index contributed by atoms with van der Waals surface area (Å²) in [7, 11) is 0. The molecule has 0 amide bonds. The Kier molecular flexibility index (Phi) is 61.0. The number of hydrogen-bond acceptors (Lipinski definition) is 5. The molecule has 0 atom stereocenters. The summed E-state index contributed by atoms with van der Waals surface area (Å²) in [5, 5.41) is 43.0. The van der Waals surface area contributed by atoms with Crippen molar-refractivity contribution in [2.45, 2.75) is 264 Å². The Bertz CT molecular complexity index is 531. The van der Waals surface area contributed by atoms with Crippen LogP contribution in [-0.2, 0) is 4.79 Å². The lowest BCUT2D eigenvalue weighted by molar-refractivity contribution is -0.137. The first-order chi connectivity index (χ1) is 25.6. The lowest BCUT2D eigenvalue weighted by Gasteiger charge is -2.03. The predicted octanol–water partition coefficient (Wildman–Crippen LogP) is 13.6. The number of carbonyl (C=O) groups is 1. The second-order valence-corrected chi connectivity index (χ2v) is 15.5. The molecule has 0 aromatic heterocycles. The molecule has 52 heavy (non-hydrogen) atoms. The smallest absolute Gasteiger partial charge is 0.303 e. The van der Waals surface area contributed by atoms with Gasteiger partial charge in [0.05, 0.1) is 0 Å². The van der Waals surface area contributed by atoms with Crippen LogP contribution in [0.5, 0.6) is 0 Å². The summed E-state index contributed by atoms with van der Waals surface area (Å²) in [5.74, 6) is -0.653. The largest absolute Gasteiger partial charge is 0.481 e. The first kappa shape index (κ1) is 55.6. The average Bonchev–Trinajstić information content (AvgIpc) is 3.14. The zero-order valence-electron chi connectivity index (χ0n) is 35.3. The predicted molar refractivity (Wildman–Crippen MR) is 226 cm³/mol. The minimum absolute atomic E-state index is 0.345. The Balaban J connectivity index is -0.000000699. The number of aliphatic carboxylic acids is 1. The molecule has 6 nitrogen and oxygen atoms in total. The van der Waals surface area contributed by atoms with Crippen molar-refractivity contribution in [2.75, 3.05) is 26.4 Å². The lowest BCUT2D eigenvalue weighted by Crippen LogP contribution is -1.93.